The number of benzene rings is 1. The number of aliphatic hydroxyl groups is 1. The fourth-order valence-corrected chi connectivity index (χ4v) is 2.19. The summed E-state index contributed by atoms with van der Waals surface area (Å²) in [5.74, 6) is 0.569. The first-order chi connectivity index (χ1) is 9.46. The third-order valence-electron chi connectivity index (χ3n) is 3.54. The van der Waals surface area contributed by atoms with E-state index in [-0.39, 0.29) is 13.2 Å². The minimum atomic E-state index is -4.09. The van der Waals surface area contributed by atoms with Gasteiger partial charge in [0.2, 0.25) is 0 Å². The van der Waals surface area contributed by atoms with Crippen molar-refractivity contribution < 1.29 is 18.3 Å². The lowest BCUT2D eigenvalue weighted by molar-refractivity contribution is -0.138. The van der Waals surface area contributed by atoms with Crippen LogP contribution in [0.15, 0.2) is 24.3 Å². The highest BCUT2D eigenvalue weighted by molar-refractivity contribution is 5.21. The predicted octanol–water partition coefficient (Wildman–Crippen LogP) is 3.34. The Morgan fingerprint density at radius 1 is 1.10 bits per heavy atom. The van der Waals surface area contributed by atoms with Gasteiger partial charge in [0.25, 0.3) is 0 Å². The van der Waals surface area contributed by atoms with Crippen LogP contribution in [-0.2, 0) is 13.2 Å². The Morgan fingerprint density at radius 3 is 2.20 bits per heavy atom. The Hall–Kier alpha value is -1.07. The zero-order valence-corrected chi connectivity index (χ0v) is 11.4. The van der Waals surface area contributed by atoms with Gasteiger partial charge >= 0.3 is 6.18 Å². The van der Waals surface area contributed by atoms with Gasteiger partial charge in [-0.2, -0.15) is 13.2 Å². The number of halogens is 3. The SMILES string of the molecule is OCc1ccc(CN(CCC(F)(F)F)CC2CC2)cc1. The summed E-state index contributed by atoms with van der Waals surface area (Å²) in [6, 6.07) is 7.38. The summed E-state index contributed by atoms with van der Waals surface area (Å²) >= 11 is 0. The quantitative estimate of drug-likeness (QED) is 0.831. The van der Waals surface area contributed by atoms with Gasteiger partial charge in [0, 0.05) is 19.6 Å². The monoisotopic (exact) mass is 287 g/mol. The summed E-state index contributed by atoms with van der Waals surface area (Å²) in [4.78, 5) is 1.89. The molecule has 2 nitrogen and oxygen atoms in total. The molecule has 1 aromatic carbocycles. The maximum atomic E-state index is 12.4. The Kier molecular flexibility index (Phi) is 5.05. The van der Waals surface area contributed by atoms with Crippen LogP contribution in [0.1, 0.15) is 30.4 Å². The standard InChI is InChI=1S/C15H20F3NO/c16-15(17,18)7-8-19(9-12-1-2-12)10-13-3-5-14(11-20)6-4-13/h3-6,12,20H,1-2,7-11H2. The van der Waals surface area contributed by atoms with Gasteiger partial charge in [-0.1, -0.05) is 24.3 Å². The Labute approximate surface area is 117 Å². The van der Waals surface area contributed by atoms with Crippen molar-refractivity contribution in [1.82, 2.24) is 4.90 Å². The maximum Gasteiger partial charge on any atom is 0.390 e. The first-order valence-corrected chi connectivity index (χ1v) is 6.94. The molecule has 0 saturated heterocycles. The lowest BCUT2D eigenvalue weighted by Crippen LogP contribution is -2.29. The van der Waals surface area contributed by atoms with Gasteiger partial charge in [-0.15, -0.1) is 0 Å². The van der Waals surface area contributed by atoms with Crippen LogP contribution >= 0.6 is 0 Å². The predicted molar refractivity (Wildman–Crippen MR) is 71.0 cm³/mol. The van der Waals surface area contributed by atoms with E-state index in [1.165, 1.54) is 0 Å². The van der Waals surface area contributed by atoms with Crippen LogP contribution in [0.25, 0.3) is 0 Å². The third-order valence-corrected chi connectivity index (χ3v) is 3.54. The van der Waals surface area contributed by atoms with Crippen LogP contribution in [0.2, 0.25) is 0 Å². The molecule has 0 unspecified atom stereocenters. The number of rotatable bonds is 7. The number of hydrogen-bond acceptors (Lipinski definition) is 2. The minimum absolute atomic E-state index is 0.0137. The van der Waals surface area contributed by atoms with E-state index >= 15 is 0 Å². The van der Waals surface area contributed by atoms with E-state index in [1.54, 1.807) is 0 Å². The molecule has 5 heteroatoms. The molecule has 0 bridgehead atoms. The molecule has 1 saturated carbocycles. The molecule has 0 heterocycles. The lowest BCUT2D eigenvalue weighted by atomic mass is 10.1. The summed E-state index contributed by atoms with van der Waals surface area (Å²) in [7, 11) is 0. The first-order valence-electron chi connectivity index (χ1n) is 6.94. The van der Waals surface area contributed by atoms with Gasteiger partial charge in [0.15, 0.2) is 0 Å². The third kappa shape index (κ3) is 5.51. The fourth-order valence-electron chi connectivity index (χ4n) is 2.19. The minimum Gasteiger partial charge on any atom is -0.392 e. The van der Waals surface area contributed by atoms with Crippen molar-refractivity contribution in [3.8, 4) is 0 Å². The van der Waals surface area contributed by atoms with E-state index in [4.69, 9.17) is 5.11 Å². The van der Waals surface area contributed by atoms with E-state index in [0.717, 1.165) is 30.5 Å². The average Bonchev–Trinajstić information content (AvgIpc) is 3.20. The lowest BCUT2D eigenvalue weighted by Gasteiger charge is -2.23. The van der Waals surface area contributed by atoms with Crippen molar-refractivity contribution in [3.63, 3.8) is 0 Å². The highest BCUT2D eigenvalue weighted by Crippen LogP contribution is 2.31. The molecule has 1 aliphatic rings. The van der Waals surface area contributed by atoms with E-state index in [9.17, 15) is 13.2 Å². The molecule has 2 rings (SSSR count). The molecule has 1 aliphatic carbocycles. The number of hydrogen-bond donors (Lipinski definition) is 1. The fraction of sp³-hybridized carbons (Fsp3) is 0.600. The molecule has 0 atom stereocenters. The van der Waals surface area contributed by atoms with Crippen LogP contribution in [0.5, 0.6) is 0 Å². The molecule has 0 amide bonds. The summed E-state index contributed by atoms with van der Waals surface area (Å²) in [6.45, 7) is 1.33. The van der Waals surface area contributed by atoms with Gasteiger partial charge in [-0.25, -0.2) is 0 Å². The van der Waals surface area contributed by atoms with E-state index < -0.39 is 12.6 Å². The highest BCUT2D eigenvalue weighted by Gasteiger charge is 2.30. The van der Waals surface area contributed by atoms with Crippen molar-refractivity contribution in [2.24, 2.45) is 5.92 Å². The topological polar surface area (TPSA) is 23.5 Å². The molecule has 1 fully saturated rings. The van der Waals surface area contributed by atoms with Crippen LogP contribution in [0.4, 0.5) is 13.2 Å². The molecule has 0 aliphatic heterocycles. The molecule has 0 aromatic heterocycles. The molecular weight excluding hydrogens is 267 g/mol. The zero-order valence-electron chi connectivity index (χ0n) is 11.4. The molecule has 112 valence electrons. The molecule has 0 radical (unpaired) electrons. The smallest absolute Gasteiger partial charge is 0.390 e. The van der Waals surface area contributed by atoms with E-state index in [1.807, 2.05) is 29.2 Å². The number of aliphatic hydroxyl groups excluding tert-OH is 1. The molecule has 1 N–H and O–H groups in total. The highest BCUT2D eigenvalue weighted by atomic mass is 19.4. The van der Waals surface area contributed by atoms with E-state index in [2.05, 4.69) is 0 Å². The summed E-state index contributed by atoms with van der Waals surface area (Å²) in [5.41, 5.74) is 1.81. The largest absolute Gasteiger partial charge is 0.392 e. The van der Waals surface area contributed by atoms with Crippen LogP contribution in [0, 0.1) is 5.92 Å². The first kappa shape index (κ1) is 15.3. The van der Waals surface area contributed by atoms with Gasteiger partial charge in [0.05, 0.1) is 13.0 Å². The zero-order chi connectivity index (χ0) is 14.6. The second-order valence-corrected chi connectivity index (χ2v) is 5.52. The summed E-state index contributed by atoms with van der Waals surface area (Å²) in [6.07, 6.45) is -2.59. The van der Waals surface area contributed by atoms with E-state index in [0.29, 0.717) is 12.5 Å². The summed E-state index contributed by atoms with van der Waals surface area (Å²) in [5, 5.41) is 8.98. The van der Waals surface area contributed by atoms with Gasteiger partial charge in [-0.05, 0) is 29.9 Å². The average molecular weight is 287 g/mol. The molecular formula is C15H20F3NO. The van der Waals surface area contributed by atoms with Crippen molar-refractivity contribution >= 4 is 0 Å². The van der Waals surface area contributed by atoms with Crippen LogP contribution < -0.4 is 0 Å². The van der Waals surface area contributed by atoms with Crippen molar-refractivity contribution in [2.75, 3.05) is 13.1 Å². The van der Waals surface area contributed by atoms with Crippen molar-refractivity contribution in [2.45, 2.75) is 38.6 Å². The Bertz CT molecular complexity index is 412. The van der Waals surface area contributed by atoms with Crippen molar-refractivity contribution in [3.05, 3.63) is 35.4 Å². The number of alkyl halides is 3. The molecule has 1 aromatic rings. The van der Waals surface area contributed by atoms with Crippen molar-refractivity contribution in [1.29, 1.82) is 0 Å². The molecule has 20 heavy (non-hydrogen) atoms. The van der Waals surface area contributed by atoms with Crippen LogP contribution in [-0.4, -0.2) is 29.3 Å². The Balaban J connectivity index is 1.91. The van der Waals surface area contributed by atoms with Crippen LogP contribution in [0.3, 0.4) is 0 Å². The van der Waals surface area contributed by atoms with Gasteiger partial charge in [0.1, 0.15) is 0 Å². The maximum absolute atomic E-state index is 12.4. The normalized spacial score (nSPS) is 15.8. The Morgan fingerprint density at radius 2 is 1.70 bits per heavy atom. The summed E-state index contributed by atoms with van der Waals surface area (Å²) < 4.78 is 37.1. The number of nitrogens with zero attached hydrogens (tertiary/aromatic N) is 1. The second kappa shape index (κ2) is 6.59. The van der Waals surface area contributed by atoms with Gasteiger partial charge in [-0.3, -0.25) is 4.90 Å². The van der Waals surface area contributed by atoms with Gasteiger partial charge < -0.3 is 5.11 Å². The molecule has 0 spiro atoms. The second-order valence-electron chi connectivity index (χ2n) is 5.52.